The van der Waals surface area contributed by atoms with Crippen molar-refractivity contribution in [1.29, 1.82) is 0 Å². The van der Waals surface area contributed by atoms with Crippen LogP contribution in [-0.2, 0) is 4.79 Å². The van der Waals surface area contributed by atoms with Crippen LogP contribution < -0.4 is 15.5 Å². The summed E-state index contributed by atoms with van der Waals surface area (Å²) in [6.45, 7) is 5.06. The van der Waals surface area contributed by atoms with Crippen LogP contribution in [0.5, 0.6) is 0 Å². The number of piperidine rings is 1. The van der Waals surface area contributed by atoms with Crippen molar-refractivity contribution < 1.29 is 9.59 Å². The van der Waals surface area contributed by atoms with Crippen molar-refractivity contribution in [2.24, 2.45) is 0 Å². The number of alkyl halides is 1. The lowest BCUT2D eigenvalue weighted by Crippen LogP contribution is -2.33. The largest absolute Gasteiger partial charge is 0.371 e. The van der Waals surface area contributed by atoms with Gasteiger partial charge >= 0.3 is 0 Å². The number of carbonyl (C=O) groups excluding carboxylic acids is 2. The molecule has 0 saturated carbocycles. The van der Waals surface area contributed by atoms with Crippen LogP contribution in [0.15, 0.2) is 18.2 Å². The van der Waals surface area contributed by atoms with Crippen LogP contribution in [0, 0.1) is 0 Å². The van der Waals surface area contributed by atoms with Crippen LogP contribution in [0.2, 0.25) is 0 Å². The number of nitrogens with zero attached hydrogens (tertiary/aromatic N) is 2. The Morgan fingerprint density at radius 3 is 2.56 bits per heavy atom. The third-order valence-corrected chi connectivity index (χ3v) is 4.83. The molecule has 1 fully saturated rings. The van der Waals surface area contributed by atoms with Gasteiger partial charge in [-0.3, -0.25) is 9.59 Å². The summed E-state index contributed by atoms with van der Waals surface area (Å²) < 4.78 is 0. The number of carbonyl (C=O) groups is 2. The second kappa shape index (κ2) is 10.5. The lowest BCUT2D eigenvalue weighted by Gasteiger charge is -2.30. The lowest BCUT2D eigenvalue weighted by atomic mass is 10.1. The first-order valence-corrected chi connectivity index (χ1v) is 10.1. The van der Waals surface area contributed by atoms with E-state index in [9.17, 15) is 9.59 Å². The van der Waals surface area contributed by atoms with E-state index in [-0.39, 0.29) is 11.8 Å². The molecule has 1 aromatic rings. The minimum atomic E-state index is -0.630. The molecule has 1 aliphatic heterocycles. The monoisotopic (exact) mass is 394 g/mol. The molecule has 0 bridgehead atoms. The standard InChI is InChI=1S/C20H31ClN4O2/c1-15(21)19(26)23-16-8-9-18(25-12-5-4-6-13-25)17(14-16)20(27)22-10-7-11-24(2)3/h8-9,14-15H,4-7,10-13H2,1-3H3,(H,22,27)(H,23,26)/t15-/m0/s1. The summed E-state index contributed by atoms with van der Waals surface area (Å²) in [6, 6.07) is 5.51. The highest BCUT2D eigenvalue weighted by atomic mass is 35.5. The van der Waals surface area contributed by atoms with Crippen molar-refractivity contribution in [2.75, 3.05) is 50.5 Å². The minimum absolute atomic E-state index is 0.107. The Hall–Kier alpha value is -1.79. The van der Waals surface area contributed by atoms with Crippen molar-refractivity contribution in [1.82, 2.24) is 10.2 Å². The van der Waals surface area contributed by atoms with E-state index in [0.717, 1.165) is 44.6 Å². The van der Waals surface area contributed by atoms with Crippen molar-refractivity contribution >= 4 is 34.8 Å². The average Bonchev–Trinajstić information content (AvgIpc) is 2.65. The second-order valence-electron chi connectivity index (χ2n) is 7.30. The molecule has 6 nitrogen and oxygen atoms in total. The Morgan fingerprint density at radius 2 is 1.93 bits per heavy atom. The predicted molar refractivity (Wildman–Crippen MR) is 112 cm³/mol. The molecule has 1 atom stereocenters. The smallest absolute Gasteiger partial charge is 0.253 e. The number of anilines is 2. The second-order valence-corrected chi connectivity index (χ2v) is 7.95. The summed E-state index contributed by atoms with van der Waals surface area (Å²) in [6.07, 6.45) is 4.38. The minimum Gasteiger partial charge on any atom is -0.371 e. The molecule has 2 N–H and O–H groups in total. The van der Waals surface area contributed by atoms with Gasteiger partial charge in [0.1, 0.15) is 5.38 Å². The maximum atomic E-state index is 12.8. The summed E-state index contributed by atoms with van der Waals surface area (Å²) in [4.78, 5) is 29.1. The quantitative estimate of drug-likeness (QED) is 0.525. The molecular weight excluding hydrogens is 364 g/mol. The van der Waals surface area contributed by atoms with E-state index in [4.69, 9.17) is 11.6 Å². The fourth-order valence-corrected chi connectivity index (χ4v) is 3.19. The first-order valence-electron chi connectivity index (χ1n) is 9.65. The fraction of sp³-hybridized carbons (Fsp3) is 0.600. The molecule has 2 rings (SSSR count). The number of amides is 2. The van der Waals surface area contributed by atoms with Crippen LogP contribution in [0.4, 0.5) is 11.4 Å². The zero-order valence-electron chi connectivity index (χ0n) is 16.6. The van der Waals surface area contributed by atoms with Crippen molar-refractivity contribution in [3.63, 3.8) is 0 Å². The van der Waals surface area contributed by atoms with E-state index in [1.807, 2.05) is 26.2 Å². The maximum Gasteiger partial charge on any atom is 0.253 e. The Bertz CT molecular complexity index is 643. The van der Waals surface area contributed by atoms with Gasteiger partial charge < -0.3 is 20.4 Å². The Kier molecular flexibility index (Phi) is 8.38. The van der Waals surface area contributed by atoms with Gasteiger partial charge in [-0.1, -0.05) is 0 Å². The molecule has 0 aromatic heterocycles. The molecule has 1 aromatic carbocycles. The number of nitrogens with one attached hydrogen (secondary N) is 2. The Morgan fingerprint density at radius 1 is 1.22 bits per heavy atom. The van der Waals surface area contributed by atoms with Crippen LogP contribution in [0.25, 0.3) is 0 Å². The average molecular weight is 395 g/mol. The predicted octanol–water partition coefficient (Wildman–Crippen LogP) is 2.92. The molecular formula is C20H31ClN4O2. The highest BCUT2D eigenvalue weighted by Gasteiger charge is 2.20. The van der Waals surface area contributed by atoms with Crippen LogP contribution in [0.3, 0.4) is 0 Å². The van der Waals surface area contributed by atoms with Gasteiger partial charge in [-0.2, -0.15) is 0 Å². The van der Waals surface area contributed by atoms with E-state index in [1.54, 1.807) is 13.0 Å². The van der Waals surface area contributed by atoms with Gasteiger partial charge in [-0.15, -0.1) is 11.6 Å². The van der Waals surface area contributed by atoms with E-state index in [0.29, 0.717) is 17.8 Å². The van der Waals surface area contributed by atoms with E-state index < -0.39 is 5.38 Å². The first kappa shape index (κ1) is 21.5. The third kappa shape index (κ3) is 6.70. The Labute approximate surface area is 167 Å². The van der Waals surface area contributed by atoms with Crippen LogP contribution in [0.1, 0.15) is 43.0 Å². The van der Waals surface area contributed by atoms with Crippen molar-refractivity contribution in [3.8, 4) is 0 Å². The summed E-state index contributed by atoms with van der Waals surface area (Å²) in [5.41, 5.74) is 2.12. The molecule has 2 amide bonds. The van der Waals surface area contributed by atoms with E-state index >= 15 is 0 Å². The number of benzene rings is 1. The van der Waals surface area contributed by atoms with Gasteiger partial charge in [0, 0.05) is 31.0 Å². The van der Waals surface area contributed by atoms with Gasteiger partial charge in [0.05, 0.1) is 5.56 Å². The highest BCUT2D eigenvalue weighted by molar-refractivity contribution is 6.32. The van der Waals surface area contributed by atoms with Gasteiger partial charge in [0.15, 0.2) is 0 Å². The fourth-order valence-electron chi connectivity index (χ4n) is 3.14. The van der Waals surface area contributed by atoms with E-state index in [2.05, 4.69) is 20.4 Å². The number of rotatable bonds is 8. The van der Waals surface area contributed by atoms with Gasteiger partial charge in [0.25, 0.3) is 5.91 Å². The molecule has 1 saturated heterocycles. The van der Waals surface area contributed by atoms with Gasteiger partial charge in [-0.05, 0) is 71.4 Å². The highest BCUT2D eigenvalue weighted by Crippen LogP contribution is 2.27. The summed E-state index contributed by atoms with van der Waals surface area (Å²) >= 11 is 5.84. The van der Waals surface area contributed by atoms with Crippen molar-refractivity contribution in [2.45, 2.75) is 38.0 Å². The summed E-state index contributed by atoms with van der Waals surface area (Å²) in [5, 5.41) is 5.15. The normalized spacial score (nSPS) is 15.5. The maximum absolute atomic E-state index is 12.8. The van der Waals surface area contributed by atoms with Crippen LogP contribution >= 0.6 is 11.6 Å². The molecule has 0 aliphatic carbocycles. The number of hydrogen-bond donors (Lipinski definition) is 2. The molecule has 0 unspecified atom stereocenters. The van der Waals surface area contributed by atoms with Gasteiger partial charge in [-0.25, -0.2) is 0 Å². The molecule has 0 radical (unpaired) electrons. The number of hydrogen-bond acceptors (Lipinski definition) is 4. The van der Waals surface area contributed by atoms with Gasteiger partial charge in [0.2, 0.25) is 5.91 Å². The van der Waals surface area contributed by atoms with Crippen LogP contribution in [-0.4, -0.2) is 62.4 Å². The molecule has 0 spiro atoms. The third-order valence-electron chi connectivity index (χ3n) is 4.63. The Balaban J connectivity index is 2.17. The molecule has 1 aliphatic rings. The first-order chi connectivity index (χ1) is 12.9. The summed E-state index contributed by atoms with van der Waals surface area (Å²) in [7, 11) is 4.03. The zero-order valence-corrected chi connectivity index (χ0v) is 17.3. The topological polar surface area (TPSA) is 64.7 Å². The molecule has 150 valence electrons. The zero-order chi connectivity index (χ0) is 19.8. The number of halogens is 1. The molecule has 27 heavy (non-hydrogen) atoms. The lowest BCUT2D eigenvalue weighted by molar-refractivity contribution is -0.115. The molecule has 1 heterocycles. The SMILES string of the molecule is C[C@H](Cl)C(=O)Nc1ccc(N2CCCCC2)c(C(=O)NCCCN(C)C)c1. The van der Waals surface area contributed by atoms with E-state index in [1.165, 1.54) is 6.42 Å². The summed E-state index contributed by atoms with van der Waals surface area (Å²) in [5.74, 6) is -0.385. The molecule has 7 heteroatoms. The van der Waals surface area contributed by atoms with Crippen molar-refractivity contribution in [3.05, 3.63) is 23.8 Å².